The van der Waals surface area contributed by atoms with Gasteiger partial charge < -0.3 is 5.11 Å². The average molecular weight is 248 g/mol. The molecule has 86 valence electrons. The van der Waals surface area contributed by atoms with E-state index in [0.29, 0.717) is 16.5 Å². The first-order valence-corrected chi connectivity index (χ1v) is 5.63. The molecule has 5 heteroatoms. The van der Waals surface area contributed by atoms with E-state index in [1.807, 2.05) is 31.2 Å². The van der Waals surface area contributed by atoms with E-state index in [-0.39, 0.29) is 6.61 Å². The number of hydrogen-bond donors (Lipinski definition) is 1. The van der Waals surface area contributed by atoms with Crippen LogP contribution in [0.15, 0.2) is 24.3 Å². The van der Waals surface area contributed by atoms with Crippen LogP contribution in [0, 0.1) is 6.92 Å². The number of nitrogens with zero attached hydrogens (tertiary/aromatic N) is 3. The molecule has 1 aromatic carbocycles. The second-order valence-corrected chi connectivity index (χ2v) is 4.34. The lowest BCUT2D eigenvalue weighted by Gasteiger charge is -2.08. The average Bonchev–Trinajstić information content (AvgIpc) is 2.72. The molecule has 3 aromatic rings. The van der Waals surface area contributed by atoms with Gasteiger partial charge >= 0.3 is 0 Å². The Labute approximate surface area is 102 Å². The number of fused-ring (bicyclic) bond motifs is 3. The number of pyridine rings is 1. The molecule has 0 saturated heterocycles. The summed E-state index contributed by atoms with van der Waals surface area (Å²) in [6.45, 7) is 1.84. The minimum absolute atomic E-state index is 0.162. The molecule has 2 aromatic heterocycles. The summed E-state index contributed by atoms with van der Waals surface area (Å²) in [6, 6.07) is 7.67. The summed E-state index contributed by atoms with van der Waals surface area (Å²) in [6.07, 6.45) is 0. The van der Waals surface area contributed by atoms with Crippen molar-refractivity contribution in [3.63, 3.8) is 0 Å². The Morgan fingerprint density at radius 1 is 1.35 bits per heavy atom. The Hall–Kier alpha value is -1.65. The number of aryl methyl sites for hydroxylation is 1. The molecular formula is C12H10ClN3O. The van der Waals surface area contributed by atoms with Gasteiger partial charge in [-0.2, -0.15) is 0 Å². The third-order valence-electron chi connectivity index (χ3n) is 2.88. The van der Waals surface area contributed by atoms with Crippen LogP contribution in [0.3, 0.4) is 0 Å². The first-order valence-electron chi connectivity index (χ1n) is 5.25. The highest BCUT2D eigenvalue weighted by Gasteiger charge is 2.12. The molecule has 0 bridgehead atoms. The Balaban J connectivity index is 2.63. The zero-order valence-electron chi connectivity index (χ0n) is 9.18. The Kier molecular flexibility index (Phi) is 2.28. The van der Waals surface area contributed by atoms with E-state index in [0.717, 1.165) is 16.5 Å². The van der Waals surface area contributed by atoms with Crippen molar-refractivity contribution in [3.05, 3.63) is 40.7 Å². The lowest BCUT2D eigenvalue weighted by Crippen LogP contribution is -1.97. The number of hydrogen-bond acceptors (Lipinski definition) is 3. The number of para-hydroxylation sites is 1. The van der Waals surface area contributed by atoms with Crippen molar-refractivity contribution in [2.75, 3.05) is 0 Å². The molecule has 0 aliphatic carbocycles. The molecule has 0 amide bonds. The van der Waals surface area contributed by atoms with Crippen LogP contribution in [-0.4, -0.2) is 19.7 Å². The van der Waals surface area contributed by atoms with E-state index < -0.39 is 0 Å². The van der Waals surface area contributed by atoms with E-state index in [4.69, 9.17) is 11.6 Å². The molecule has 17 heavy (non-hydrogen) atoms. The molecular weight excluding hydrogens is 238 g/mol. The van der Waals surface area contributed by atoms with Crippen molar-refractivity contribution in [1.29, 1.82) is 0 Å². The number of aliphatic hydroxyl groups is 1. The molecule has 0 aliphatic heterocycles. The highest BCUT2D eigenvalue weighted by molar-refractivity contribution is 6.35. The molecule has 0 atom stereocenters. The van der Waals surface area contributed by atoms with Crippen molar-refractivity contribution >= 4 is 28.2 Å². The third-order valence-corrected chi connectivity index (χ3v) is 3.18. The van der Waals surface area contributed by atoms with Crippen molar-refractivity contribution in [2.45, 2.75) is 13.5 Å². The zero-order valence-corrected chi connectivity index (χ0v) is 9.94. The minimum Gasteiger partial charge on any atom is -0.388 e. The van der Waals surface area contributed by atoms with Crippen LogP contribution in [-0.2, 0) is 6.61 Å². The Morgan fingerprint density at radius 2 is 2.18 bits per heavy atom. The van der Waals surface area contributed by atoms with Gasteiger partial charge in [0.05, 0.1) is 10.5 Å². The van der Waals surface area contributed by atoms with Gasteiger partial charge in [0.15, 0.2) is 11.5 Å². The van der Waals surface area contributed by atoms with E-state index in [1.165, 1.54) is 0 Å². The highest BCUT2D eigenvalue weighted by Crippen LogP contribution is 2.27. The zero-order chi connectivity index (χ0) is 12.0. The van der Waals surface area contributed by atoms with Crippen LogP contribution < -0.4 is 0 Å². The molecule has 0 spiro atoms. The van der Waals surface area contributed by atoms with E-state index >= 15 is 0 Å². The summed E-state index contributed by atoms with van der Waals surface area (Å²) in [5.41, 5.74) is 2.64. The van der Waals surface area contributed by atoms with E-state index in [1.54, 1.807) is 4.40 Å². The Morgan fingerprint density at radius 3 is 2.94 bits per heavy atom. The molecule has 0 radical (unpaired) electrons. The number of aliphatic hydroxyl groups excluding tert-OH is 1. The molecule has 1 N–H and O–H groups in total. The Bertz CT molecular complexity index is 720. The van der Waals surface area contributed by atoms with Gasteiger partial charge in [0.25, 0.3) is 0 Å². The second-order valence-electron chi connectivity index (χ2n) is 3.93. The molecule has 0 saturated carbocycles. The summed E-state index contributed by atoms with van der Waals surface area (Å²) >= 11 is 6.24. The summed E-state index contributed by atoms with van der Waals surface area (Å²) in [4.78, 5) is 0. The fourth-order valence-corrected chi connectivity index (χ4v) is 2.36. The first kappa shape index (κ1) is 10.5. The summed E-state index contributed by atoms with van der Waals surface area (Å²) in [5.74, 6) is 0.498. The topological polar surface area (TPSA) is 50.4 Å². The maximum Gasteiger partial charge on any atom is 0.163 e. The summed E-state index contributed by atoms with van der Waals surface area (Å²) in [7, 11) is 0. The van der Waals surface area contributed by atoms with Crippen LogP contribution >= 0.6 is 11.6 Å². The summed E-state index contributed by atoms with van der Waals surface area (Å²) in [5, 5.41) is 18.9. The normalized spacial score (nSPS) is 11.5. The van der Waals surface area contributed by atoms with Crippen molar-refractivity contribution in [1.82, 2.24) is 14.6 Å². The minimum atomic E-state index is -0.162. The van der Waals surface area contributed by atoms with Gasteiger partial charge in [-0.25, -0.2) is 0 Å². The smallest absolute Gasteiger partial charge is 0.163 e. The van der Waals surface area contributed by atoms with Crippen molar-refractivity contribution in [3.8, 4) is 0 Å². The van der Waals surface area contributed by atoms with E-state index in [9.17, 15) is 5.11 Å². The molecule has 3 rings (SSSR count). The van der Waals surface area contributed by atoms with Gasteiger partial charge in [-0.3, -0.25) is 4.40 Å². The third kappa shape index (κ3) is 1.41. The maximum atomic E-state index is 9.28. The van der Waals surface area contributed by atoms with Crippen molar-refractivity contribution in [2.24, 2.45) is 0 Å². The SMILES string of the molecule is Cc1cc2nnc(CO)n2c2c(Cl)cccc12. The largest absolute Gasteiger partial charge is 0.388 e. The lowest BCUT2D eigenvalue weighted by atomic mass is 10.1. The van der Waals surface area contributed by atoms with Crippen LogP contribution in [0.4, 0.5) is 0 Å². The molecule has 0 fully saturated rings. The van der Waals surface area contributed by atoms with Crippen LogP contribution in [0.2, 0.25) is 5.02 Å². The fourth-order valence-electron chi connectivity index (χ4n) is 2.10. The predicted molar refractivity (Wildman–Crippen MR) is 66.2 cm³/mol. The van der Waals surface area contributed by atoms with Crippen LogP contribution in [0.5, 0.6) is 0 Å². The molecule has 4 nitrogen and oxygen atoms in total. The molecule has 2 heterocycles. The number of halogens is 1. The van der Waals surface area contributed by atoms with Gasteiger partial charge in [0.2, 0.25) is 0 Å². The monoisotopic (exact) mass is 247 g/mol. The molecule has 0 aliphatic rings. The summed E-state index contributed by atoms with van der Waals surface area (Å²) < 4.78 is 1.80. The number of aromatic nitrogens is 3. The first-order chi connectivity index (χ1) is 8.22. The van der Waals surface area contributed by atoms with Crippen molar-refractivity contribution < 1.29 is 5.11 Å². The number of benzene rings is 1. The fraction of sp³-hybridized carbons (Fsp3) is 0.167. The van der Waals surface area contributed by atoms with Gasteiger partial charge in [-0.15, -0.1) is 10.2 Å². The van der Waals surface area contributed by atoms with E-state index in [2.05, 4.69) is 10.2 Å². The van der Waals surface area contributed by atoms with Crippen LogP contribution in [0.25, 0.3) is 16.6 Å². The van der Waals surface area contributed by atoms with Gasteiger partial charge in [-0.05, 0) is 24.6 Å². The highest BCUT2D eigenvalue weighted by atomic mass is 35.5. The maximum absolute atomic E-state index is 9.28. The van der Waals surface area contributed by atoms with Gasteiger partial charge in [0.1, 0.15) is 6.61 Å². The second kappa shape index (κ2) is 3.68. The van der Waals surface area contributed by atoms with Gasteiger partial charge in [-0.1, -0.05) is 23.7 Å². The predicted octanol–water partition coefficient (Wildman–Crippen LogP) is 2.34. The molecule has 0 unspecified atom stereocenters. The lowest BCUT2D eigenvalue weighted by molar-refractivity contribution is 0.270. The quantitative estimate of drug-likeness (QED) is 0.718. The number of rotatable bonds is 1. The van der Waals surface area contributed by atoms with Gasteiger partial charge in [0, 0.05) is 5.39 Å². The standard InChI is InChI=1S/C12H10ClN3O/c1-7-5-10-14-15-11(6-17)16(10)12-8(7)3-2-4-9(12)13/h2-5,17H,6H2,1H3. The van der Waals surface area contributed by atoms with Crippen LogP contribution in [0.1, 0.15) is 11.4 Å².